The molecule has 0 aromatic carbocycles. The van der Waals surface area contributed by atoms with Crippen molar-refractivity contribution in [3.63, 3.8) is 0 Å². The fourth-order valence-electron chi connectivity index (χ4n) is 3.59. The lowest BCUT2D eigenvalue weighted by atomic mass is 10.0. The van der Waals surface area contributed by atoms with Gasteiger partial charge >= 0.3 is 0 Å². The van der Waals surface area contributed by atoms with Crippen LogP contribution < -0.4 is 0 Å². The quantitative estimate of drug-likeness (QED) is 0.850. The molecule has 0 aliphatic carbocycles. The smallest absolute Gasteiger partial charge is 0.219 e. The number of rotatable bonds is 3. The lowest BCUT2D eigenvalue weighted by Gasteiger charge is -2.34. The lowest BCUT2D eigenvalue weighted by Crippen LogP contribution is -2.47. The van der Waals surface area contributed by atoms with Crippen LogP contribution in [0.25, 0.3) is 0 Å². The van der Waals surface area contributed by atoms with Gasteiger partial charge in [0.25, 0.3) is 0 Å². The van der Waals surface area contributed by atoms with E-state index < -0.39 is 0 Å². The Hall–Kier alpha value is -0.940. The molecule has 2 fully saturated rings. The molecule has 0 saturated carbocycles. The Morgan fingerprint density at radius 1 is 1.37 bits per heavy atom. The highest BCUT2D eigenvalue weighted by atomic mass is 32.1. The van der Waals surface area contributed by atoms with Crippen LogP contribution >= 0.6 is 11.3 Å². The summed E-state index contributed by atoms with van der Waals surface area (Å²) in [6.07, 6.45) is 4.79. The minimum absolute atomic E-state index is 0.239. The van der Waals surface area contributed by atoms with E-state index in [4.69, 9.17) is 0 Å². The van der Waals surface area contributed by atoms with E-state index in [0.717, 1.165) is 32.5 Å². The van der Waals surface area contributed by atoms with Gasteiger partial charge in [0.15, 0.2) is 0 Å². The van der Waals surface area contributed by atoms with Crippen LogP contribution in [0, 0.1) is 0 Å². The van der Waals surface area contributed by atoms with Gasteiger partial charge < -0.3 is 4.90 Å². The van der Waals surface area contributed by atoms with Crippen molar-refractivity contribution in [1.29, 1.82) is 0 Å². The Morgan fingerprint density at radius 3 is 2.89 bits per heavy atom. The molecule has 3 rings (SSSR count). The minimum atomic E-state index is 0.239. The molecule has 104 valence electrons. The first-order valence-corrected chi connectivity index (χ1v) is 8.08. The van der Waals surface area contributed by atoms with Crippen molar-refractivity contribution in [1.82, 2.24) is 14.8 Å². The molecule has 1 aromatic rings. The van der Waals surface area contributed by atoms with Crippen molar-refractivity contribution >= 4 is 17.2 Å². The van der Waals surface area contributed by atoms with E-state index in [1.807, 2.05) is 5.51 Å². The Morgan fingerprint density at radius 2 is 2.16 bits per heavy atom. The predicted molar refractivity (Wildman–Crippen MR) is 76.0 cm³/mol. The fraction of sp³-hybridized carbons (Fsp3) is 0.714. The van der Waals surface area contributed by atoms with Crippen molar-refractivity contribution in [3.05, 3.63) is 16.6 Å². The van der Waals surface area contributed by atoms with Crippen molar-refractivity contribution < 1.29 is 4.79 Å². The third-order valence-corrected chi connectivity index (χ3v) is 5.05. The average Bonchev–Trinajstić information content (AvgIpc) is 3.08. The normalized spacial score (nSPS) is 28.2. The first-order valence-electron chi connectivity index (χ1n) is 7.14. The SMILES string of the molecule is CC(=O)N1CCC[C@H]1[C@@H]1CCCN1Cc1cscn1. The molecule has 4 nitrogen and oxygen atoms in total. The van der Waals surface area contributed by atoms with Crippen molar-refractivity contribution in [2.24, 2.45) is 0 Å². The standard InChI is InChI=1S/C14H21N3OS/c1-11(18)17-7-3-5-14(17)13-4-2-6-16(13)8-12-9-19-10-15-12/h9-10,13-14H,2-8H2,1H3/t13-,14-/m0/s1. The Bertz CT molecular complexity index is 434. The summed E-state index contributed by atoms with van der Waals surface area (Å²) in [7, 11) is 0. The maximum Gasteiger partial charge on any atom is 0.219 e. The molecule has 2 aliphatic heterocycles. The molecule has 0 N–H and O–H groups in total. The second kappa shape index (κ2) is 5.59. The van der Waals surface area contributed by atoms with Gasteiger partial charge in [-0.2, -0.15) is 0 Å². The Kier molecular flexibility index (Phi) is 3.84. The number of nitrogens with zero attached hydrogens (tertiary/aromatic N) is 3. The van der Waals surface area contributed by atoms with E-state index in [9.17, 15) is 4.79 Å². The number of thiazole rings is 1. The topological polar surface area (TPSA) is 36.4 Å². The third kappa shape index (κ3) is 2.67. The maximum atomic E-state index is 11.7. The van der Waals surface area contributed by atoms with Crippen LogP contribution in [-0.4, -0.2) is 45.9 Å². The number of carbonyl (C=O) groups is 1. The van der Waals surface area contributed by atoms with E-state index in [1.54, 1.807) is 18.3 Å². The molecule has 0 unspecified atom stereocenters. The van der Waals surface area contributed by atoms with Crippen LogP contribution in [0.2, 0.25) is 0 Å². The Balaban J connectivity index is 1.70. The largest absolute Gasteiger partial charge is 0.338 e. The molecular weight excluding hydrogens is 258 g/mol. The van der Waals surface area contributed by atoms with Gasteiger partial charge in [-0.05, 0) is 32.2 Å². The van der Waals surface area contributed by atoms with Gasteiger partial charge in [0.2, 0.25) is 5.91 Å². The average molecular weight is 279 g/mol. The van der Waals surface area contributed by atoms with Crippen LogP contribution in [0.1, 0.15) is 38.3 Å². The molecular formula is C14H21N3OS. The van der Waals surface area contributed by atoms with Crippen LogP contribution in [0.4, 0.5) is 0 Å². The van der Waals surface area contributed by atoms with E-state index in [-0.39, 0.29) is 5.91 Å². The molecule has 0 bridgehead atoms. The summed E-state index contributed by atoms with van der Waals surface area (Å²) >= 11 is 1.66. The summed E-state index contributed by atoms with van der Waals surface area (Å²) in [4.78, 5) is 20.7. The van der Waals surface area contributed by atoms with Gasteiger partial charge in [0, 0.05) is 37.5 Å². The molecule has 1 aromatic heterocycles. The molecule has 2 saturated heterocycles. The summed E-state index contributed by atoms with van der Waals surface area (Å²) in [6.45, 7) is 4.74. The number of carbonyl (C=O) groups excluding carboxylic acids is 1. The fourth-order valence-corrected chi connectivity index (χ4v) is 4.14. The van der Waals surface area contributed by atoms with Crippen LogP contribution in [0.3, 0.4) is 0 Å². The van der Waals surface area contributed by atoms with Crippen molar-refractivity contribution in [2.75, 3.05) is 13.1 Å². The number of amides is 1. The van der Waals surface area contributed by atoms with Crippen molar-refractivity contribution in [2.45, 2.75) is 51.2 Å². The zero-order chi connectivity index (χ0) is 13.2. The zero-order valence-corrected chi connectivity index (χ0v) is 12.2. The van der Waals surface area contributed by atoms with Crippen LogP contribution in [0.15, 0.2) is 10.9 Å². The second-order valence-electron chi connectivity index (χ2n) is 5.58. The lowest BCUT2D eigenvalue weighted by molar-refractivity contribution is -0.130. The summed E-state index contributed by atoms with van der Waals surface area (Å²) < 4.78 is 0. The van der Waals surface area contributed by atoms with Gasteiger partial charge in [0.05, 0.1) is 11.2 Å². The molecule has 0 radical (unpaired) electrons. The molecule has 5 heteroatoms. The molecule has 3 heterocycles. The second-order valence-corrected chi connectivity index (χ2v) is 6.30. The highest BCUT2D eigenvalue weighted by Gasteiger charge is 2.38. The molecule has 19 heavy (non-hydrogen) atoms. The molecule has 2 atom stereocenters. The van der Waals surface area contributed by atoms with E-state index >= 15 is 0 Å². The first-order chi connectivity index (χ1) is 9.25. The van der Waals surface area contributed by atoms with Crippen LogP contribution in [0.5, 0.6) is 0 Å². The molecule has 0 spiro atoms. The van der Waals surface area contributed by atoms with Crippen molar-refractivity contribution in [3.8, 4) is 0 Å². The number of hydrogen-bond donors (Lipinski definition) is 0. The predicted octanol–water partition coefficient (Wildman–Crippen LogP) is 2.12. The van der Waals surface area contributed by atoms with E-state index in [0.29, 0.717) is 12.1 Å². The maximum absolute atomic E-state index is 11.7. The van der Waals surface area contributed by atoms with Crippen LogP contribution in [-0.2, 0) is 11.3 Å². The monoisotopic (exact) mass is 279 g/mol. The van der Waals surface area contributed by atoms with Gasteiger partial charge in [-0.3, -0.25) is 9.69 Å². The Labute approximate surface area is 118 Å². The van der Waals surface area contributed by atoms with Gasteiger partial charge in [-0.15, -0.1) is 11.3 Å². The summed E-state index contributed by atoms with van der Waals surface area (Å²) in [5.41, 5.74) is 3.07. The summed E-state index contributed by atoms with van der Waals surface area (Å²) in [5.74, 6) is 0.239. The van der Waals surface area contributed by atoms with Gasteiger partial charge in [-0.1, -0.05) is 0 Å². The molecule has 2 aliphatic rings. The summed E-state index contributed by atoms with van der Waals surface area (Å²) in [6, 6.07) is 0.965. The number of likely N-dealkylation sites (tertiary alicyclic amines) is 2. The highest BCUT2D eigenvalue weighted by Crippen LogP contribution is 2.31. The summed E-state index contributed by atoms with van der Waals surface area (Å²) in [5, 5.41) is 2.13. The number of hydrogen-bond acceptors (Lipinski definition) is 4. The van der Waals surface area contributed by atoms with E-state index in [2.05, 4.69) is 20.2 Å². The number of aromatic nitrogens is 1. The minimum Gasteiger partial charge on any atom is -0.338 e. The molecule has 1 amide bonds. The van der Waals surface area contributed by atoms with Gasteiger partial charge in [-0.25, -0.2) is 4.98 Å². The first kappa shape index (κ1) is 13.1. The highest BCUT2D eigenvalue weighted by molar-refractivity contribution is 7.07. The van der Waals surface area contributed by atoms with E-state index in [1.165, 1.54) is 18.5 Å². The third-order valence-electron chi connectivity index (χ3n) is 4.41. The van der Waals surface area contributed by atoms with Gasteiger partial charge in [0.1, 0.15) is 0 Å². The zero-order valence-electron chi connectivity index (χ0n) is 11.4.